The highest BCUT2D eigenvalue weighted by atomic mass is 19.1. The van der Waals surface area contributed by atoms with Crippen LogP contribution in [0.1, 0.15) is 13.3 Å². The second-order valence-corrected chi connectivity index (χ2v) is 3.67. The van der Waals surface area contributed by atoms with Crippen LogP contribution in [0.25, 0.3) is 0 Å². The number of likely N-dealkylation sites (N-methyl/N-ethyl adjacent to an activating group) is 1. The van der Waals surface area contributed by atoms with Crippen LogP contribution >= 0.6 is 0 Å². The maximum absolute atomic E-state index is 11.9. The fourth-order valence-electron chi connectivity index (χ4n) is 1.12. The molecule has 0 amide bonds. The molecule has 78 valence electrons. The summed E-state index contributed by atoms with van der Waals surface area (Å²) in [5.74, 6) is -0.216. The van der Waals surface area contributed by atoms with Crippen molar-refractivity contribution >= 4 is 5.97 Å². The van der Waals surface area contributed by atoms with Gasteiger partial charge in [-0.3, -0.25) is 4.39 Å². The maximum atomic E-state index is 11.9. The number of alkyl halides is 1. The Bertz CT molecular complexity index is 160. The Morgan fingerprint density at radius 3 is 2.54 bits per heavy atom. The number of ether oxygens (including phenoxy) is 1. The van der Waals surface area contributed by atoms with Crippen molar-refractivity contribution in [1.29, 1.82) is 0 Å². The van der Waals surface area contributed by atoms with E-state index in [1.165, 1.54) is 0 Å². The molecule has 0 rings (SSSR count). The van der Waals surface area contributed by atoms with E-state index in [2.05, 4.69) is 0 Å². The fourth-order valence-corrected chi connectivity index (χ4v) is 1.12. The van der Waals surface area contributed by atoms with Crippen molar-refractivity contribution in [2.75, 3.05) is 40.5 Å². The quantitative estimate of drug-likeness (QED) is 0.463. The molecule has 4 heteroatoms. The van der Waals surface area contributed by atoms with Crippen LogP contribution in [0.5, 0.6) is 0 Å². The van der Waals surface area contributed by atoms with Gasteiger partial charge in [-0.1, -0.05) is 0 Å². The average molecular weight is 192 g/mol. The number of esters is 1. The molecule has 0 N–H and O–H groups in total. The largest absolute Gasteiger partial charge is 0.462 e. The minimum atomic E-state index is -0.329. The van der Waals surface area contributed by atoms with Gasteiger partial charge in [0.15, 0.2) is 6.54 Å². The summed E-state index contributed by atoms with van der Waals surface area (Å²) in [6.45, 7) is 2.83. The van der Waals surface area contributed by atoms with Crippen molar-refractivity contribution in [1.82, 2.24) is 0 Å². The van der Waals surface area contributed by atoms with Crippen molar-refractivity contribution in [2.24, 2.45) is 0 Å². The van der Waals surface area contributed by atoms with Gasteiger partial charge in [-0.05, 0) is 6.92 Å². The Morgan fingerprint density at radius 2 is 2.08 bits per heavy atom. The van der Waals surface area contributed by atoms with Crippen LogP contribution in [0.2, 0.25) is 0 Å². The van der Waals surface area contributed by atoms with Crippen LogP contribution in [0.4, 0.5) is 4.39 Å². The third-order valence-electron chi connectivity index (χ3n) is 1.76. The van der Waals surface area contributed by atoms with Gasteiger partial charge in [0.2, 0.25) is 0 Å². The Hall–Kier alpha value is -0.640. The molecule has 13 heavy (non-hydrogen) atoms. The van der Waals surface area contributed by atoms with Gasteiger partial charge in [0.25, 0.3) is 0 Å². The molecule has 0 aromatic heterocycles. The Morgan fingerprint density at radius 1 is 1.46 bits per heavy atom. The molecule has 0 atom stereocenters. The van der Waals surface area contributed by atoms with Crippen molar-refractivity contribution in [3.63, 3.8) is 0 Å². The van der Waals surface area contributed by atoms with Crippen LogP contribution in [0.3, 0.4) is 0 Å². The molecule has 3 nitrogen and oxygen atoms in total. The molecular formula is C9H19FNO2+. The topological polar surface area (TPSA) is 26.3 Å². The minimum absolute atomic E-state index is 0.216. The molecule has 0 aliphatic carbocycles. The van der Waals surface area contributed by atoms with Gasteiger partial charge in [0.05, 0.1) is 33.9 Å². The molecule has 0 aliphatic heterocycles. The van der Waals surface area contributed by atoms with Gasteiger partial charge >= 0.3 is 5.97 Å². The van der Waals surface area contributed by atoms with E-state index in [0.29, 0.717) is 30.6 Å². The highest BCUT2D eigenvalue weighted by molar-refractivity contribution is 5.70. The first-order valence-corrected chi connectivity index (χ1v) is 4.55. The van der Waals surface area contributed by atoms with Crippen molar-refractivity contribution in [2.45, 2.75) is 13.3 Å². The molecule has 0 saturated carbocycles. The lowest BCUT2D eigenvalue weighted by Crippen LogP contribution is -2.45. The molecule has 0 aromatic carbocycles. The van der Waals surface area contributed by atoms with E-state index >= 15 is 0 Å². The first kappa shape index (κ1) is 12.4. The minimum Gasteiger partial charge on any atom is -0.462 e. The molecule has 0 fully saturated rings. The molecule has 0 aliphatic rings. The van der Waals surface area contributed by atoms with Gasteiger partial charge < -0.3 is 9.22 Å². The van der Waals surface area contributed by atoms with Gasteiger partial charge in [-0.2, -0.15) is 0 Å². The van der Waals surface area contributed by atoms with E-state index in [0.717, 1.165) is 0 Å². The van der Waals surface area contributed by atoms with Gasteiger partial charge in [-0.25, -0.2) is 4.79 Å². The second kappa shape index (κ2) is 5.91. The number of carbonyl (C=O) groups is 1. The van der Waals surface area contributed by atoms with Crippen LogP contribution in [-0.2, 0) is 9.53 Å². The van der Waals surface area contributed by atoms with Gasteiger partial charge in [0, 0.05) is 6.42 Å². The lowest BCUT2D eigenvalue weighted by Gasteiger charge is -2.27. The van der Waals surface area contributed by atoms with Crippen molar-refractivity contribution < 1.29 is 18.4 Å². The van der Waals surface area contributed by atoms with Crippen LogP contribution in [0.15, 0.2) is 0 Å². The third kappa shape index (κ3) is 6.51. The summed E-state index contributed by atoms with van der Waals surface area (Å²) in [5.41, 5.74) is 0. The SMILES string of the molecule is CCOC(=O)C[N+](C)(C)CCCF. The third-order valence-corrected chi connectivity index (χ3v) is 1.76. The zero-order valence-corrected chi connectivity index (χ0v) is 8.68. The van der Waals surface area contributed by atoms with Crippen LogP contribution in [0, 0.1) is 0 Å². The van der Waals surface area contributed by atoms with E-state index in [-0.39, 0.29) is 12.6 Å². The molecule has 0 bridgehead atoms. The highest BCUT2D eigenvalue weighted by Gasteiger charge is 2.20. The number of carbonyl (C=O) groups excluding carboxylic acids is 1. The number of rotatable bonds is 6. The molecular weight excluding hydrogens is 173 g/mol. The number of hydrogen-bond acceptors (Lipinski definition) is 2. The first-order valence-electron chi connectivity index (χ1n) is 4.55. The molecule has 0 aromatic rings. The highest BCUT2D eigenvalue weighted by Crippen LogP contribution is 2.00. The van der Waals surface area contributed by atoms with Crippen LogP contribution in [-0.4, -0.2) is 50.9 Å². The summed E-state index contributed by atoms with van der Waals surface area (Å²) in [4.78, 5) is 11.1. The molecule has 0 heterocycles. The molecule has 0 unspecified atom stereocenters. The molecule has 0 saturated heterocycles. The second-order valence-electron chi connectivity index (χ2n) is 3.67. The summed E-state index contributed by atoms with van der Waals surface area (Å²) < 4.78 is 17.2. The summed E-state index contributed by atoms with van der Waals surface area (Å²) in [6.07, 6.45) is 0.492. The summed E-state index contributed by atoms with van der Waals surface area (Å²) >= 11 is 0. The van der Waals surface area contributed by atoms with Crippen molar-refractivity contribution in [3.8, 4) is 0 Å². The molecule has 0 radical (unpaired) electrons. The zero-order valence-electron chi connectivity index (χ0n) is 8.68. The van der Waals surface area contributed by atoms with E-state index in [1.54, 1.807) is 6.92 Å². The Balaban J connectivity index is 3.79. The standard InChI is InChI=1S/C9H19FNO2/c1-4-13-9(12)8-11(2,3)7-5-6-10/h4-8H2,1-3H3/q+1. The monoisotopic (exact) mass is 192 g/mol. The predicted molar refractivity (Wildman–Crippen MR) is 49.1 cm³/mol. The number of nitrogens with zero attached hydrogens (tertiary/aromatic N) is 1. The van der Waals surface area contributed by atoms with Gasteiger partial charge in [0.1, 0.15) is 0 Å². The first-order chi connectivity index (χ1) is 6.02. The normalized spacial score (nSPS) is 11.4. The predicted octanol–water partition coefficient (Wildman–Crippen LogP) is 0.985. The Kier molecular flexibility index (Phi) is 5.62. The molecule has 0 spiro atoms. The summed E-state index contributed by atoms with van der Waals surface area (Å²) in [7, 11) is 3.79. The van der Waals surface area contributed by atoms with E-state index in [9.17, 15) is 9.18 Å². The lowest BCUT2D eigenvalue weighted by atomic mass is 10.3. The number of halogens is 1. The number of quaternary nitrogens is 1. The number of hydrogen-bond donors (Lipinski definition) is 0. The zero-order chi connectivity index (χ0) is 10.3. The van der Waals surface area contributed by atoms with Gasteiger partial charge in [-0.15, -0.1) is 0 Å². The van der Waals surface area contributed by atoms with E-state index in [4.69, 9.17) is 4.74 Å². The van der Waals surface area contributed by atoms with E-state index in [1.807, 2.05) is 14.1 Å². The summed E-state index contributed by atoms with van der Waals surface area (Å²) in [5, 5.41) is 0. The van der Waals surface area contributed by atoms with Crippen molar-refractivity contribution in [3.05, 3.63) is 0 Å². The lowest BCUT2D eigenvalue weighted by molar-refractivity contribution is -0.883. The fraction of sp³-hybridized carbons (Fsp3) is 0.889. The summed E-state index contributed by atoms with van der Waals surface area (Å²) in [6, 6.07) is 0. The average Bonchev–Trinajstić information content (AvgIpc) is 2.00. The smallest absolute Gasteiger partial charge is 0.361 e. The van der Waals surface area contributed by atoms with E-state index < -0.39 is 0 Å². The Labute approximate surface area is 79.1 Å². The maximum Gasteiger partial charge on any atom is 0.361 e. The van der Waals surface area contributed by atoms with Crippen LogP contribution < -0.4 is 0 Å².